The van der Waals surface area contributed by atoms with E-state index in [2.05, 4.69) is 10.3 Å². The number of sulfonamides is 1. The second kappa shape index (κ2) is 9.13. The van der Waals surface area contributed by atoms with E-state index in [1.165, 1.54) is 23.5 Å². The highest BCUT2D eigenvalue weighted by Gasteiger charge is 2.44. The molecule has 1 fully saturated rings. The molecule has 1 amide bonds. The van der Waals surface area contributed by atoms with E-state index < -0.39 is 22.2 Å². The summed E-state index contributed by atoms with van der Waals surface area (Å²) >= 11 is 0. The topological polar surface area (TPSA) is 97.8 Å². The lowest BCUT2D eigenvalue weighted by Gasteiger charge is -2.23. The number of nitrogens with one attached hydrogen (secondary N) is 1. The van der Waals surface area contributed by atoms with Crippen molar-refractivity contribution in [1.82, 2.24) is 14.6 Å². The summed E-state index contributed by atoms with van der Waals surface area (Å²) in [4.78, 5) is 16.8. The molecule has 8 nitrogen and oxygen atoms in total. The Balaban J connectivity index is 1.82. The van der Waals surface area contributed by atoms with Crippen LogP contribution in [0.25, 0.3) is 0 Å². The van der Waals surface area contributed by atoms with Crippen LogP contribution in [0, 0.1) is 0 Å². The SMILES string of the molecule is COCCNC(=O)[C@@H]1C[C@H](Oc2cccnc2)CN1S(=O)(=O)c1ccccc1. The fraction of sp³-hybridized carbons (Fsp3) is 0.368. The number of carbonyl (C=O) groups excluding carboxylic acids is 1. The number of methoxy groups -OCH3 is 1. The minimum Gasteiger partial charge on any atom is -0.487 e. The fourth-order valence-electron chi connectivity index (χ4n) is 3.09. The van der Waals surface area contributed by atoms with Gasteiger partial charge in [-0.15, -0.1) is 0 Å². The molecule has 2 heterocycles. The number of ether oxygens (including phenoxy) is 2. The molecule has 2 aromatic rings. The van der Waals surface area contributed by atoms with Crippen LogP contribution in [0.5, 0.6) is 5.75 Å². The Morgan fingerprint density at radius 1 is 1.25 bits per heavy atom. The third-order valence-electron chi connectivity index (χ3n) is 4.41. The summed E-state index contributed by atoms with van der Waals surface area (Å²) in [5, 5.41) is 2.73. The first kappa shape index (κ1) is 20.2. The number of hydrogen-bond donors (Lipinski definition) is 1. The highest BCUT2D eigenvalue weighted by atomic mass is 32.2. The molecule has 28 heavy (non-hydrogen) atoms. The first-order valence-corrected chi connectivity index (χ1v) is 10.4. The van der Waals surface area contributed by atoms with Crippen LogP contribution in [0.4, 0.5) is 0 Å². The van der Waals surface area contributed by atoms with Gasteiger partial charge in [-0.05, 0) is 24.3 Å². The van der Waals surface area contributed by atoms with Crippen LogP contribution in [-0.4, -0.2) is 62.6 Å². The zero-order valence-electron chi connectivity index (χ0n) is 15.5. The second-order valence-electron chi connectivity index (χ2n) is 6.35. The molecule has 1 N–H and O–H groups in total. The molecule has 1 aromatic carbocycles. The van der Waals surface area contributed by atoms with Crippen LogP contribution in [0.15, 0.2) is 59.8 Å². The summed E-state index contributed by atoms with van der Waals surface area (Å²) in [7, 11) is -2.31. The van der Waals surface area contributed by atoms with E-state index in [1.807, 2.05) is 0 Å². The van der Waals surface area contributed by atoms with Gasteiger partial charge in [0, 0.05) is 26.3 Å². The normalized spacial score (nSPS) is 20.0. The van der Waals surface area contributed by atoms with E-state index in [0.717, 1.165) is 0 Å². The quantitative estimate of drug-likeness (QED) is 0.660. The van der Waals surface area contributed by atoms with Crippen molar-refractivity contribution in [2.24, 2.45) is 0 Å². The van der Waals surface area contributed by atoms with Crippen LogP contribution < -0.4 is 10.1 Å². The van der Waals surface area contributed by atoms with Crippen molar-refractivity contribution in [2.45, 2.75) is 23.5 Å². The summed E-state index contributed by atoms with van der Waals surface area (Å²) in [6.07, 6.45) is 2.97. The predicted molar refractivity (Wildman–Crippen MR) is 102 cm³/mol. The maximum atomic E-state index is 13.1. The number of carbonyl (C=O) groups is 1. The lowest BCUT2D eigenvalue weighted by Crippen LogP contribution is -2.46. The van der Waals surface area contributed by atoms with Gasteiger partial charge in [0.15, 0.2) is 0 Å². The Kier molecular flexibility index (Phi) is 6.61. The van der Waals surface area contributed by atoms with Crippen molar-refractivity contribution < 1.29 is 22.7 Å². The number of nitrogens with zero attached hydrogens (tertiary/aromatic N) is 2. The molecule has 1 aromatic heterocycles. The van der Waals surface area contributed by atoms with E-state index in [9.17, 15) is 13.2 Å². The zero-order valence-corrected chi connectivity index (χ0v) is 16.3. The number of pyridine rings is 1. The van der Waals surface area contributed by atoms with Gasteiger partial charge in [-0.3, -0.25) is 9.78 Å². The first-order valence-electron chi connectivity index (χ1n) is 8.92. The molecule has 0 spiro atoms. The lowest BCUT2D eigenvalue weighted by atomic mass is 10.2. The molecular weight excluding hydrogens is 382 g/mol. The molecule has 1 saturated heterocycles. The summed E-state index contributed by atoms with van der Waals surface area (Å²) in [6.45, 7) is 0.729. The van der Waals surface area contributed by atoms with Gasteiger partial charge in [-0.25, -0.2) is 8.42 Å². The van der Waals surface area contributed by atoms with Crippen LogP contribution in [-0.2, 0) is 19.6 Å². The first-order chi connectivity index (χ1) is 13.5. The van der Waals surface area contributed by atoms with E-state index in [0.29, 0.717) is 18.9 Å². The highest BCUT2D eigenvalue weighted by Crippen LogP contribution is 2.28. The molecule has 0 aliphatic carbocycles. The molecule has 2 atom stereocenters. The minimum atomic E-state index is -3.84. The minimum absolute atomic E-state index is 0.0779. The Labute approximate surface area is 164 Å². The Morgan fingerprint density at radius 3 is 2.71 bits per heavy atom. The maximum absolute atomic E-state index is 13.1. The molecule has 150 valence electrons. The lowest BCUT2D eigenvalue weighted by molar-refractivity contribution is -0.124. The molecule has 9 heteroatoms. The van der Waals surface area contributed by atoms with Crippen molar-refractivity contribution in [3.8, 4) is 5.75 Å². The molecule has 3 rings (SSSR count). The van der Waals surface area contributed by atoms with Gasteiger partial charge >= 0.3 is 0 Å². The van der Waals surface area contributed by atoms with Gasteiger partial charge in [-0.1, -0.05) is 18.2 Å². The Hall–Kier alpha value is -2.49. The van der Waals surface area contributed by atoms with Crippen molar-refractivity contribution in [1.29, 1.82) is 0 Å². The summed E-state index contributed by atoms with van der Waals surface area (Å²) in [6, 6.07) is 10.7. The fourth-order valence-corrected chi connectivity index (χ4v) is 4.74. The molecule has 0 bridgehead atoms. The molecule has 1 aliphatic heterocycles. The van der Waals surface area contributed by atoms with E-state index in [-0.39, 0.29) is 23.8 Å². The van der Waals surface area contributed by atoms with Crippen LogP contribution in [0.1, 0.15) is 6.42 Å². The van der Waals surface area contributed by atoms with Gasteiger partial charge in [0.1, 0.15) is 17.9 Å². The third-order valence-corrected chi connectivity index (χ3v) is 6.30. The largest absolute Gasteiger partial charge is 0.487 e. The second-order valence-corrected chi connectivity index (χ2v) is 8.24. The average molecular weight is 405 g/mol. The van der Waals surface area contributed by atoms with Crippen LogP contribution in [0.2, 0.25) is 0 Å². The number of benzene rings is 1. The predicted octanol–water partition coefficient (Wildman–Crippen LogP) is 1.05. The Morgan fingerprint density at radius 2 is 2.04 bits per heavy atom. The monoisotopic (exact) mass is 405 g/mol. The summed E-state index contributed by atoms with van der Waals surface area (Å²) < 4.78 is 38.3. The average Bonchev–Trinajstić information content (AvgIpc) is 3.14. The van der Waals surface area contributed by atoms with Crippen molar-refractivity contribution in [3.05, 3.63) is 54.9 Å². The third kappa shape index (κ3) is 4.67. The van der Waals surface area contributed by atoms with Crippen molar-refractivity contribution in [2.75, 3.05) is 26.8 Å². The van der Waals surface area contributed by atoms with Gasteiger partial charge in [0.2, 0.25) is 15.9 Å². The van der Waals surface area contributed by atoms with E-state index in [1.54, 1.807) is 42.7 Å². The number of hydrogen-bond acceptors (Lipinski definition) is 6. The van der Waals surface area contributed by atoms with Crippen molar-refractivity contribution in [3.63, 3.8) is 0 Å². The standard InChI is InChI=1S/C19H23N3O5S/c1-26-11-10-21-19(23)18-12-16(27-15-6-5-9-20-13-15)14-22(18)28(24,25)17-7-3-2-4-8-17/h2-9,13,16,18H,10-12,14H2,1H3,(H,21,23)/t16-,18-/m0/s1. The highest BCUT2D eigenvalue weighted by molar-refractivity contribution is 7.89. The van der Waals surface area contributed by atoms with Gasteiger partial charge in [0.05, 0.1) is 24.2 Å². The molecule has 0 saturated carbocycles. The summed E-state index contributed by atoms with van der Waals surface area (Å²) in [5.74, 6) is 0.166. The Bertz CT molecular complexity index is 877. The van der Waals surface area contributed by atoms with Crippen molar-refractivity contribution >= 4 is 15.9 Å². The van der Waals surface area contributed by atoms with Crippen LogP contribution >= 0.6 is 0 Å². The molecular formula is C19H23N3O5S. The van der Waals surface area contributed by atoms with E-state index in [4.69, 9.17) is 9.47 Å². The number of aromatic nitrogens is 1. The van der Waals surface area contributed by atoms with E-state index >= 15 is 0 Å². The molecule has 0 radical (unpaired) electrons. The zero-order chi connectivity index (χ0) is 20.0. The smallest absolute Gasteiger partial charge is 0.243 e. The maximum Gasteiger partial charge on any atom is 0.243 e. The number of rotatable bonds is 8. The van der Waals surface area contributed by atoms with Gasteiger partial charge in [0.25, 0.3) is 0 Å². The van der Waals surface area contributed by atoms with Crippen LogP contribution in [0.3, 0.4) is 0 Å². The number of amides is 1. The molecule has 1 aliphatic rings. The van der Waals surface area contributed by atoms with Gasteiger partial charge < -0.3 is 14.8 Å². The summed E-state index contributed by atoms with van der Waals surface area (Å²) in [5.41, 5.74) is 0. The molecule has 0 unspecified atom stereocenters. The van der Waals surface area contributed by atoms with Gasteiger partial charge in [-0.2, -0.15) is 4.31 Å².